The summed E-state index contributed by atoms with van der Waals surface area (Å²) in [6, 6.07) is 7.59. The van der Waals surface area contributed by atoms with E-state index in [2.05, 4.69) is 21.9 Å². The first-order chi connectivity index (χ1) is 12.2. The number of nitrogens with zero attached hydrogens (tertiary/aromatic N) is 5. The number of hydrogen-bond donors (Lipinski definition) is 1. The highest BCUT2D eigenvalue weighted by Gasteiger charge is 2.25. The molecule has 3 aromatic rings. The third-order valence-corrected chi connectivity index (χ3v) is 4.78. The van der Waals surface area contributed by atoms with Crippen LogP contribution in [0.3, 0.4) is 0 Å². The Morgan fingerprint density at radius 1 is 1.24 bits per heavy atom. The van der Waals surface area contributed by atoms with E-state index >= 15 is 0 Å². The summed E-state index contributed by atoms with van der Waals surface area (Å²) < 4.78 is 1.99. The molecule has 2 N–H and O–H groups in total. The van der Waals surface area contributed by atoms with Gasteiger partial charge in [-0.1, -0.05) is 24.3 Å². The van der Waals surface area contributed by atoms with E-state index in [9.17, 15) is 4.79 Å². The highest BCUT2D eigenvalue weighted by Crippen LogP contribution is 2.33. The van der Waals surface area contributed by atoms with Crippen molar-refractivity contribution in [3.05, 3.63) is 36.2 Å². The zero-order chi connectivity index (χ0) is 17.4. The Bertz CT molecular complexity index is 917. The highest BCUT2D eigenvalue weighted by molar-refractivity contribution is 5.98. The van der Waals surface area contributed by atoms with Crippen molar-refractivity contribution in [3.63, 3.8) is 0 Å². The molecule has 0 radical (unpaired) electrons. The van der Waals surface area contributed by atoms with Gasteiger partial charge >= 0.3 is 0 Å². The van der Waals surface area contributed by atoms with E-state index in [-0.39, 0.29) is 6.04 Å². The Balaban J connectivity index is 1.87. The third kappa shape index (κ3) is 2.76. The van der Waals surface area contributed by atoms with Crippen molar-refractivity contribution >= 4 is 23.1 Å². The molecule has 0 bridgehead atoms. The van der Waals surface area contributed by atoms with E-state index in [1.54, 1.807) is 12.1 Å². The molecule has 1 atom stereocenters. The minimum Gasteiger partial charge on any atom is -0.383 e. The monoisotopic (exact) mass is 336 g/mol. The molecule has 1 aliphatic heterocycles. The van der Waals surface area contributed by atoms with Gasteiger partial charge in [0.15, 0.2) is 5.65 Å². The molecule has 2 aromatic heterocycles. The number of aromatic nitrogens is 4. The number of nitrogen functional groups attached to an aromatic ring is 1. The van der Waals surface area contributed by atoms with Crippen LogP contribution in [0.5, 0.6) is 0 Å². The number of likely N-dealkylation sites (tertiary alicyclic amines) is 1. The summed E-state index contributed by atoms with van der Waals surface area (Å²) in [5, 5.41) is 5.63. The van der Waals surface area contributed by atoms with Crippen molar-refractivity contribution in [2.45, 2.75) is 18.9 Å². The summed E-state index contributed by atoms with van der Waals surface area (Å²) in [7, 11) is 2.13. The lowest BCUT2D eigenvalue weighted by atomic mass is 10.1. The fourth-order valence-corrected chi connectivity index (χ4v) is 3.51. The molecule has 7 heteroatoms. The van der Waals surface area contributed by atoms with Crippen molar-refractivity contribution in [2.24, 2.45) is 0 Å². The van der Waals surface area contributed by atoms with Crippen molar-refractivity contribution in [3.8, 4) is 11.3 Å². The van der Waals surface area contributed by atoms with Crippen LogP contribution in [0.1, 0.15) is 29.2 Å². The smallest absolute Gasteiger partial charge is 0.164 e. The second-order valence-electron chi connectivity index (χ2n) is 6.55. The molecule has 4 rings (SSSR count). The van der Waals surface area contributed by atoms with Gasteiger partial charge in [0, 0.05) is 17.7 Å². The lowest BCUT2D eigenvalue weighted by Crippen LogP contribution is -2.34. The van der Waals surface area contributed by atoms with Gasteiger partial charge < -0.3 is 10.6 Å². The average molecular weight is 336 g/mol. The first kappa shape index (κ1) is 15.7. The Hall–Kier alpha value is -2.80. The fourth-order valence-electron chi connectivity index (χ4n) is 3.51. The summed E-state index contributed by atoms with van der Waals surface area (Å²) in [5.74, 6) is 0.426. The number of aldehydes is 1. The van der Waals surface area contributed by atoms with Crippen molar-refractivity contribution in [2.75, 3.05) is 25.9 Å². The molecule has 1 unspecified atom stereocenters. The molecule has 1 fully saturated rings. The number of benzene rings is 1. The Morgan fingerprint density at radius 2 is 2.04 bits per heavy atom. The van der Waals surface area contributed by atoms with Gasteiger partial charge in [0.2, 0.25) is 0 Å². The van der Waals surface area contributed by atoms with E-state index < -0.39 is 0 Å². The van der Waals surface area contributed by atoms with Crippen LogP contribution in [0.25, 0.3) is 22.3 Å². The van der Waals surface area contributed by atoms with Gasteiger partial charge in [0.25, 0.3) is 0 Å². The molecule has 25 heavy (non-hydrogen) atoms. The first-order valence-electron chi connectivity index (χ1n) is 8.40. The largest absolute Gasteiger partial charge is 0.383 e. The summed E-state index contributed by atoms with van der Waals surface area (Å²) in [6.45, 7) is 2.04. The predicted octanol–water partition coefficient (Wildman–Crippen LogP) is 2.15. The number of likely N-dealkylation sites (N-methyl/N-ethyl adjacent to an activating group) is 1. The minimum atomic E-state index is 0.263. The molecular formula is C18H20N6O. The maximum atomic E-state index is 10.9. The van der Waals surface area contributed by atoms with E-state index in [1.165, 1.54) is 6.33 Å². The number of rotatable bonds is 3. The average Bonchev–Trinajstić information content (AvgIpc) is 3.03. The van der Waals surface area contributed by atoms with Gasteiger partial charge in [-0.25, -0.2) is 14.6 Å². The van der Waals surface area contributed by atoms with Crippen LogP contribution in [0.2, 0.25) is 0 Å². The number of fused-ring (bicyclic) bond motifs is 1. The normalized spacial score (nSPS) is 18.5. The lowest BCUT2D eigenvalue weighted by molar-refractivity contribution is 0.112. The third-order valence-electron chi connectivity index (χ3n) is 4.78. The van der Waals surface area contributed by atoms with Gasteiger partial charge in [-0.05, 0) is 26.4 Å². The Morgan fingerprint density at radius 3 is 2.76 bits per heavy atom. The van der Waals surface area contributed by atoms with E-state index in [0.29, 0.717) is 11.4 Å². The van der Waals surface area contributed by atoms with Gasteiger partial charge in [-0.3, -0.25) is 4.79 Å². The predicted molar refractivity (Wildman–Crippen MR) is 96.3 cm³/mol. The number of anilines is 1. The topological polar surface area (TPSA) is 89.9 Å². The summed E-state index contributed by atoms with van der Waals surface area (Å²) in [5.41, 5.74) is 9.21. The molecule has 1 saturated heterocycles. The maximum Gasteiger partial charge on any atom is 0.164 e. The Labute approximate surface area is 145 Å². The minimum absolute atomic E-state index is 0.263. The van der Waals surface area contributed by atoms with E-state index in [0.717, 1.165) is 54.5 Å². The van der Waals surface area contributed by atoms with E-state index in [1.807, 2.05) is 16.8 Å². The quantitative estimate of drug-likeness (QED) is 0.737. The lowest BCUT2D eigenvalue weighted by Gasteiger charge is -2.29. The van der Waals surface area contributed by atoms with Crippen LogP contribution in [-0.4, -0.2) is 51.1 Å². The molecule has 0 spiro atoms. The molecule has 7 nitrogen and oxygen atoms in total. The number of piperidine rings is 1. The second-order valence-corrected chi connectivity index (χ2v) is 6.55. The number of carbonyl (C=O) groups excluding carboxylic acids is 1. The highest BCUT2D eigenvalue weighted by atomic mass is 16.1. The van der Waals surface area contributed by atoms with Crippen LogP contribution < -0.4 is 5.73 Å². The second kappa shape index (κ2) is 6.25. The number of hydrogen-bond acceptors (Lipinski definition) is 6. The SMILES string of the molecule is CN1CCCC(n2nc(-c3ccc(C=O)cc3)c3c(N)ncnc32)C1. The molecule has 3 heterocycles. The molecule has 0 amide bonds. The molecule has 128 valence electrons. The Kier molecular flexibility index (Phi) is 3.93. The standard InChI is InChI=1S/C18H20N6O/c1-23-8-2-3-14(9-23)24-18-15(17(19)20-11-21-18)16(22-24)13-6-4-12(10-25)5-7-13/h4-7,10-11,14H,2-3,8-9H2,1H3,(H2,19,20,21). The van der Waals surface area contributed by atoms with Crippen LogP contribution >= 0.6 is 0 Å². The zero-order valence-corrected chi connectivity index (χ0v) is 14.1. The zero-order valence-electron chi connectivity index (χ0n) is 14.1. The molecular weight excluding hydrogens is 316 g/mol. The summed E-state index contributed by atoms with van der Waals surface area (Å²) in [6.07, 6.45) is 4.51. The fraction of sp³-hybridized carbons (Fsp3) is 0.333. The molecule has 0 aliphatic carbocycles. The van der Waals surface area contributed by atoms with Crippen LogP contribution in [-0.2, 0) is 0 Å². The number of carbonyl (C=O) groups is 1. The van der Waals surface area contributed by atoms with Gasteiger partial charge in [0.1, 0.15) is 24.1 Å². The molecule has 1 aliphatic rings. The van der Waals surface area contributed by atoms with Crippen molar-refractivity contribution in [1.29, 1.82) is 0 Å². The maximum absolute atomic E-state index is 10.9. The number of nitrogens with two attached hydrogens (primary N) is 1. The van der Waals surface area contributed by atoms with Crippen LogP contribution in [0.4, 0.5) is 5.82 Å². The summed E-state index contributed by atoms with van der Waals surface area (Å²) in [4.78, 5) is 21.8. The van der Waals surface area contributed by atoms with Gasteiger partial charge in [-0.15, -0.1) is 0 Å². The van der Waals surface area contributed by atoms with Gasteiger partial charge in [0.05, 0.1) is 11.4 Å². The van der Waals surface area contributed by atoms with Crippen molar-refractivity contribution in [1.82, 2.24) is 24.6 Å². The molecule has 1 aromatic carbocycles. The summed E-state index contributed by atoms with van der Waals surface area (Å²) >= 11 is 0. The van der Waals surface area contributed by atoms with E-state index in [4.69, 9.17) is 10.8 Å². The van der Waals surface area contributed by atoms with Crippen LogP contribution in [0.15, 0.2) is 30.6 Å². The van der Waals surface area contributed by atoms with Gasteiger partial charge in [-0.2, -0.15) is 5.10 Å². The van der Waals surface area contributed by atoms with Crippen molar-refractivity contribution < 1.29 is 4.79 Å². The molecule has 0 saturated carbocycles. The van der Waals surface area contributed by atoms with Crippen LogP contribution in [0, 0.1) is 0 Å². The first-order valence-corrected chi connectivity index (χ1v) is 8.40.